The van der Waals surface area contributed by atoms with Gasteiger partial charge in [-0.25, -0.2) is 0 Å². The lowest BCUT2D eigenvalue weighted by molar-refractivity contribution is -0.117. The third-order valence-corrected chi connectivity index (χ3v) is 2.48. The number of hydrogen-bond acceptors (Lipinski definition) is 4. The van der Waals surface area contributed by atoms with Crippen LogP contribution in [-0.4, -0.2) is 23.3 Å². The largest absolute Gasteiger partial charge is 0.384 e. The monoisotopic (exact) mass is 278 g/mol. The minimum Gasteiger partial charge on any atom is -0.384 e. The number of rotatable bonds is 7. The molecule has 0 saturated carbocycles. The fraction of sp³-hybridized carbons (Fsp3) is 0.308. The molecule has 0 unspecified atom stereocenters. The number of aromatic nitrogens is 1. The highest BCUT2D eigenvalue weighted by atomic mass is 35.5. The van der Waals surface area contributed by atoms with Crippen LogP contribution in [-0.2, 0) is 11.3 Å². The van der Waals surface area contributed by atoms with Crippen LogP contribution < -0.4 is 10.6 Å². The number of halogens is 1. The predicted octanol–water partition coefficient (Wildman–Crippen LogP) is 1.32. The van der Waals surface area contributed by atoms with Gasteiger partial charge in [0.25, 0.3) is 5.91 Å². The summed E-state index contributed by atoms with van der Waals surface area (Å²) < 4.78 is 0. The van der Waals surface area contributed by atoms with Crippen LogP contribution in [0.2, 0.25) is 0 Å². The molecule has 0 spiro atoms. The summed E-state index contributed by atoms with van der Waals surface area (Å²) in [6, 6.07) is 7.40. The molecule has 1 rings (SSSR count). The normalized spacial score (nSPS) is 10.6. The zero-order valence-electron chi connectivity index (χ0n) is 10.4. The lowest BCUT2D eigenvalue weighted by Gasteiger charge is -2.03. The summed E-state index contributed by atoms with van der Waals surface area (Å²) in [5.41, 5.74) is 0.865. The minimum atomic E-state index is -0.402. The van der Waals surface area contributed by atoms with Gasteiger partial charge in [-0.2, -0.15) is 5.26 Å². The molecule has 0 aliphatic rings. The second-order valence-corrected chi connectivity index (χ2v) is 4.05. The molecule has 0 atom stereocenters. The van der Waals surface area contributed by atoms with Gasteiger partial charge in [-0.15, -0.1) is 11.6 Å². The smallest absolute Gasteiger partial charge is 0.263 e. The Morgan fingerprint density at radius 2 is 2.37 bits per heavy atom. The van der Waals surface area contributed by atoms with Gasteiger partial charge in [-0.05, 0) is 18.6 Å². The number of amides is 1. The molecule has 1 aromatic heterocycles. The number of pyridine rings is 1. The highest BCUT2D eigenvalue weighted by Crippen LogP contribution is 1.95. The fourth-order valence-electron chi connectivity index (χ4n) is 1.27. The van der Waals surface area contributed by atoms with Crippen molar-refractivity contribution in [1.29, 1.82) is 5.26 Å². The topological polar surface area (TPSA) is 77.8 Å². The van der Waals surface area contributed by atoms with Crippen LogP contribution >= 0.6 is 11.6 Å². The van der Waals surface area contributed by atoms with Gasteiger partial charge in [-0.3, -0.25) is 9.78 Å². The summed E-state index contributed by atoms with van der Waals surface area (Å²) in [5.74, 6) is 0.0743. The van der Waals surface area contributed by atoms with E-state index < -0.39 is 5.91 Å². The third kappa shape index (κ3) is 5.89. The van der Waals surface area contributed by atoms with Crippen molar-refractivity contribution in [3.05, 3.63) is 41.9 Å². The Labute approximate surface area is 117 Å². The first-order valence-corrected chi connectivity index (χ1v) is 6.39. The van der Waals surface area contributed by atoms with E-state index in [2.05, 4.69) is 15.6 Å². The van der Waals surface area contributed by atoms with E-state index in [1.165, 1.54) is 6.20 Å². The van der Waals surface area contributed by atoms with E-state index in [0.717, 1.165) is 5.69 Å². The summed E-state index contributed by atoms with van der Waals surface area (Å²) >= 11 is 5.50. The molecule has 0 aromatic carbocycles. The summed E-state index contributed by atoms with van der Waals surface area (Å²) in [4.78, 5) is 15.7. The Morgan fingerprint density at radius 3 is 3.00 bits per heavy atom. The van der Waals surface area contributed by atoms with E-state index in [0.29, 0.717) is 25.4 Å². The Kier molecular flexibility index (Phi) is 7.06. The van der Waals surface area contributed by atoms with Gasteiger partial charge in [0.05, 0.1) is 12.2 Å². The van der Waals surface area contributed by atoms with Crippen LogP contribution in [0.1, 0.15) is 12.1 Å². The van der Waals surface area contributed by atoms with Gasteiger partial charge >= 0.3 is 0 Å². The van der Waals surface area contributed by atoms with Gasteiger partial charge in [-0.1, -0.05) is 6.07 Å². The molecule has 0 saturated heterocycles. The minimum absolute atomic E-state index is 0.0329. The molecule has 100 valence electrons. The van der Waals surface area contributed by atoms with Crippen LogP contribution in [0.3, 0.4) is 0 Å². The first kappa shape index (κ1) is 15.0. The highest BCUT2D eigenvalue weighted by Gasteiger charge is 2.07. The zero-order valence-corrected chi connectivity index (χ0v) is 11.2. The van der Waals surface area contributed by atoms with E-state index in [1.807, 2.05) is 24.3 Å². The quantitative estimate of drug-likeness (QED) is 0.341. The molecule has 1 amide bonds. The molecular formula is C13H15ClN4O. The Morgan fingerprint density at radius 1 is 1.53 bits per heavy atom. The van der Waals surface area contributed by atoms with Crippen LogP contribution in [0.4, 0.5) is 0 Å². The molecule has 2 N–H and O–H groups in total. The maximum absolute atomic E-state index is 11.6. The first-order valence-electron chi connectivity index (χ1n) is 5.85. The molecular weight excluding hydrogens is 264 g/mol. The van der Waals surface area contributed by atoms with Gasteiger partial charge in [0.15, 0.2) is 0 Å². The number of nitriles is 1. The predicted molar refractivity (Wildman–Crippen MR) is 73.1 cm³/mol. The number of carbonyl (C=O) groups excluding carboxylic acids is 1. The van der Waals surface area contributed by atoms with Crippen molar-refractivity contribution in [2.45, 2.75) is 13.0 Å². The van der Waals surface area contributed by atoms with Crippen molar-refractivity contribution in [1.82, 2.24) is 15.6 Å². The summed E-state index contributed by atoms with van der Waals surface area (Å²) in [5, 5.41) is 14.4. The molecule has 5 nitrogen and oxygen atoms in total. The van der Waals surface area contributed by atoms with Crippen LogP contribution in [0, 0.1) is 11.3 Å². The molecule has 19 heavy (non-hydrogen) atoms. The molecule has 6 heteroatoms. The molecule has 0 aliphatic carbocycles. The maximum Gasteiger partial charge on any atom is 0.263 e. The molecule has 1 aromatic rings. The lowest BCUT2D eigenvalue weighted by Crippen LogP contribution is -2.26. The molecule has 0 bridgehead atoms. The van der Waals surface area contributed by atoms with Crippen molar-refractivity contribution < 1.29 is 4.79 Å². The SMILES string of the molecule is N#C/C(=C/NCc1ccccn1)C(=O)NCCCCl. The van der Waals surface area contributed by atoms with Crippen molar-refractivity contribution in [3.8, 4) is 6.07 Å². The van der Waals surface area contributed by atoms with Crippen LogP contribution in [0.15, 0.2) is 36.2 Å². The Balaban J connectivity index is 2.44. The average Bonchev–Trinajstić information content (AvgIpc) is 2.45. The average molecular weight is 279 g/mol. The second-order valence-electron chi connectivity index (χ2n) is 3.67. The number of nitrogens with zero attached hydrogens (tertiary/aromatic N) is 2. The summed E-state index contributed by atoms with van der Waals surface area (Å²) in [6.45, 7) is 0.919. The standard InChI is InChI=1S/C13H15ClN4O/c14-5-3-7-18-13(19)11(8-15)9-16-10-12-4-1-2-6-17-12/h1-2,4,6,9,16H,3,5,7,10H2,(H,18,19)/b11-9-. The number of carbonyl (C=O) groups is 1. The first-order chi connectivity index (χ1) is 9.27. The summed E-state index contributed by atoms with van der Waals surface area (Å²) in [7, 11) is 0. The zero-order chi connectivity index (χ0) is 13.9. The Hall–Kier alpha value is -2.06. The lowest BCUT2D eigenvalue weighted by atomic mass is 10.3. The van der Waals surface area contributed by atoms with Crippen molar-refractivity contribution in [2.75, 3.05) is 12.4 Å². The third-order valence-electron chi connectivity index (χ3n) is 2.22. The number of nitrogens with one attached hydrogen (secondary N) is 2. The number of alkyl halides is 1. The van der Waals surface area contributed by atoms with Gasteiger partial charge in [0.1, 0.15) is 11.6 Å². The van der Waals surface area contributed by atoms with Crippen LogP contribution in [0.25, 0.3) is 0 Å². The Bertz CT molecular complexity index is 467. The highest BCUT2D eigenvalue weighted by molar-refractivity contribution is 6.17. The van der Waals surface area contributed by atoms with Gasteiger partial charge < -0.3 is 10.6 Å². The molecule has 0 radical (unpaired) electrons. The van der Waals surface area contributed by atoms with E-state index in [9.17, 15) is 4.79 Å². The van der Waals surface area contributed by atoms with Gasteiger partial charge in [0.2, 0.25) is 0 Å². The van der Waals surface area contributed by atoms with Crippen LogP contribution in [0.5, 0.6) is 0 Å². The van der Waals surface area contributed by atoms with E-state index in [1.54, 1.807) is 6.20 Å². The van der Waals surface area contributed by atoms with Crippen molar-refractivity contribution in [2.24, 2.45) is 0 Å². The second kappa shape index (κ2) is 8.95. The molecule has 0 fully saturated rings. The van der Waals surface area contributed by atoms with Gasteiger partial charge in [0, 0.05) is 24.8 Å². The molecule has 0 aliphatic heterocycles. The van der Waals surface area contributed by atoms with E-state index >= 15 is 0 Å². The number of hydrogen-bond donors (Lipinski definition) is 2. The van der Waals surface area contributed by atoms with Crippen molar-refractivity contribution in [3.63, 3.8) is 0 Å². The van der Waals surface area contributed by atoms with E-state index in [4.69, 9.17) is 16.9 Å². The maximum atomic E-state index is 11.6. The van der Waals surface area contributed by atoms with Crippen molar-refractivity contribution >= 4 is 17.5 Å². The fourth-order valence-corrected chi connectivity index (χ4v) is 1.41. The summed E-state index contributed by atoms with van der Waals surface area (Å²) in [6.07, 6.45) is 3.75. The van der Waals surface area contributed by atoms with E-state index in [-0.39, 0.29) is 5.57 Å². The molecule has 1 heterocycles.